The maximum Gasteiger partial charge on any atom is 0.277 e. The van der Waals surface area contributed by atoms with E-state index in [1.54, 1.807) is 140 Å². The van der Waals surface area contributed by atoms with E-state index in [4.69, 9.17) is 34.4 Å². The molecule has 28 nitrogen and oxygen atoms in total. The van der Waals surface area contributed by atoms with Gasteiger partial charge >= 0.3 is 0 Å². The van der Waals surface area contributed by atoms with Crippen LogP contribution < -0.4 is 27.4 Å². The molecule has 8 N–H and O–H groups in total. The Kier molecular flexibility index (Phi) is 35.2. The molecule has 38 heteroatoms. The van der Waals surface area contributed by atoms with Crippen molar-refractivity contribution >= 4 is 198 Å². The number of aryl methyl sites for hydroxylation is 5. The van der Waals surface area contributed by atoms with Crippen LogP contribution in [0.2, 0.25) is 0 Å². The van der Waals surface area contributed by atoms with Crippen molar-refractivity contribution < 1.29 is 85.4 Å². The number of benzene rings is 5. The summed E-state index contributed by atoms with van der Waals surface area (Å²) >= 11 is 10.3. The molecule has 0 radical (unpaired) electrons. The van der Waals surface area contributed by atoms with Crippen molar-refractivity contribution in [3.63, 3.8) is 0 Å². The molecule has 5 amide bonds. The van der Waals surface area contributed by atoms with Gasteiger partial charge in [0.1, 0.15) is 70.0 Å². The smallest absolute Gasteiger partial charge is 0.277 e. The summed E-state index contributed by atoms with van der Waals surface area (Å²) in [5.41, 5.74) is 23.0. The van der Waals surface area contributed by atoms with Gasteiger partial charge in [0, 0.05) is 172 Å². The lowest BCUT2D eigenvalue weighted by atomic mass is 10.0. The molecule has 15 aromatic rings. The van der Waals surface area contributed by atoms with Gasteiger partial charge in [0.25, 0.3) is 29.5 Å². The second-order valence-corrected chi connectivity index (χ2v) is 35.8. The Hall–Kier alpha value is -10.1. The van der Waals surface area contributed by atoms with Crippen LogP contribution in [0.25, 0.3) is 55.2 Å². The third kappa shape index (κ3) is 24.0. The predicted octanol–water partition coefficient (Wildman–Crippen LogP) is 15.3. The van der Waals surface area contributed by atoms with Crippen LogP contribution in [0.3, 0.4) is 0 Å². The second kappa shape index (κ2) is 46.3. The van der Waals surface area contributed by atoms with Gasteiger partial charge in [-0.15, -0.1) is 0 Å². The van der Waals surface area contributed by atoms with Crippen molar-refractivity contribution in [1.82, 2.24) is 75.2 Å². The minimum Gasteiger partial charge on any atom is -0.394 e. The van der Waals surface area contributed by atoms with Crippen molar-refractivity contribution in [2.75, 3.05) is 46.8 Å². The van der Waals surface area contributed by atoms with E-state index in [-0.39, 0.29) is 92.3 Å². The fourth-order valence-corrected chi connectivity index (χ4v) is 16.8. The number of hydrogen-bond donors (Lipinski definition) is 8. The lowest BCUT2D eigenvalue weighted by Gasteiger charge is -2.11. The Morgan fingerprint density at radius 1 is 0.392 bits per heavy atom. The molecule has 0 spiro atoms. The predicted molar refractivity (Wildman–Crippen MR) is 520 cm³/mol. The highest BCUT2D eigenvalue weighted by Crippen LogP contribution is 2.35. The molecule has 0 unspecified atom stereocenters. The SMILES string of the molecule is CCONC(=O)c1c(Cc2ccc(I)cc2F)n(C)c2ncccc12.CONC(=O)c1c(Cc2ccc(I)cc2F)n(C)c2ncccc12.Cn1c(Cc2ccc(I)cc2F)c(C(=O)NOCC2CC2)c2cccnc21.Cn1c(Cc2ccc(I)cc2F)c(C(=O)NOCCO)c2cccnc21.Cn1c(Cc2ccc(I)cc2F)c(C(=O)NOC[C@H](O)CO)c2cccnc21. The molecule has 130 heavy (non-hydrogen) atoms. The van der Waals surface area contributed by atoms with Crippen molar-refractivity contribution in [2.24, 2.45) is 41.2 Å². The molecule has 5 aromatic carbocycles. The van der Waals surface area contributed by atoms with Gasteiger partial charge < -0.3 is 38.2 Å². The first kappa shape index (κ1) is 98.9. The zero-order chi connectivity index (χ0) is 93.1. The molecule has 16 rings (SSSR count). The number of hydrogen-bond acceptors (Lipinski definition) is 18. The molecule has 0 saturated heterocycles. The van der Waals surface area contributed by atoms with E-state index < -0.39 is 24.5 Å². The summed E-state index contributed by atoms with van der Waals surface area (Å²) in [6, 6.07) is 43.0. The van der Waals surface area contributed by atoms with Crippen LogP contribution in [0, 0.1) is 52.9 Å². The van der Waals surface area contributed by atoms with E-state index in [1.807, 2.05) is 99.9 Å². The fourth-order valence-electron chi connectivity index (χ4n) is 14.5. The number of rotatable bonds is 28. The number of nitrogens with zero attached hydrogens (tertiary/aromatic N) is 10. The third-order valence-corrected chi connectivity index (χ3v) is 24.4. The molecule has 1 fully saturated rings. The largest absolute Gasteiger partial charge is 0.394 e. The molecule has 1 aliphatic carbocycles. The lowest BCUT2D eigenvalue weighted by molar-refractivity contribution is -0.0295. The van der Waals surface area contributed by atoms with Gasteiger partial charge in [0.15, 0.2) is 0 Å². The summed E-state index contributed by atoms with van der Waals surface area (Å²) in [6.07, 6.45) is 10.7. The van der Waals surface area contributed by atoms with Gasteiger partial charge in [0.05, 0.1) is 68.0 Å². The van der Waals surface area contributed by atoms with Crippen LogP contribution in [0.4, 0.5) is 22.0 Å². The van der Waals surface area contributed by atoms with Gasteiger partial charge in [-0.1, -0.05) is 30.3 Å². The van der Waals surface area contributed by atoms with E-state index in [0.29, 0.717) is 159 Å². The number of nitrogens with one attached hydrogen (secondary N) is 5. The molecule has 0 aliphatic heterocycles. The maximum atomic E-state index is 14.4. The topological polar surface area (TPSA) is 341 Å². The molecule has 1 aliphatic rings. The lowest BCUT2D eigenvalue weighted by Crippen LogP contribution is -2.30. The Labute approximate surface area is 810 Å². The summed E-state index contributed by atoms with van der Waals surface area (Å²) in [7, 11) is 10.4. The number of carbonyl (C=O) groups is 5. The third-order valence-electron chi connectivity index (χ3n) is 21.0. The Morgan fingerprint density at radius 2 is 0.646 bits per heavy atom. The molecule has 0 bridgehead atoms. The van der Waals surface area contributed by atoms with Crippen LogP contribution in [-0.4, -0.2) is 145 Å². The number of aromatic nitrogens is 10. The van der Waals surface area contributed by atoms with Gasteiger partial charge in [-0.05, 0) is 288 Å². The van der Waals surface area contributed by atoms with Crippen molar-refractivity contribution in [3.8, 4) is 0 Å². The highest BCUT2D eigenvalue weighted by Gasteiger charge is 2.31. The van der Waals surface area contributed by atoms with E-state index in [2.05, 4.69) is 143 Å². The second-order valence-electron chi connectivity index (χ2n) is 29.6. The fraction of sp³-hybridized carbons (Fsp3) is 0.239. The average molecular weight is 2340 g/mol. The minimum atomic E-state index is -1.10. The number of carbonyl (C=O) groups excluding carboxylic acids is 5. The number of aliphatic hydroxyl groups is 3. The zero-order valence-corrected chi connectivity index (χ0v) is 81.6. The molecule has 10 aromatic heterocycles. The molecular formula is C92H87F5I5N15O13. The number of fused-ring (bicyclic) bond motifs is 5. The van der Waals surface area contributed by atoms with E-state index in [9.17, 15) is 51.0 Å². The van der Waals surface area contributed by atoms with Gasteiger partial charge in [-0.25, -0.2) is 74.3 Å². The Bertz CT molecular complexity index is 6670. The molecule has 678 valence electrons. The maximum absolute atomic E-state index is 14.4. The molecule has 10 heterocycles. The highest BCUT2D eigenvalue weighted by atomic mass is 127. The van der Waals surface area contributed by atoms with Crippen LogP contribution in [0.1, 0.15) is 128 Å². The normalized spacial score (nSPS) is 11.9. The standard InChI is InChI=1S/C20H19FIN3O2.C19H19FIN3O4.C18H17FIN3O3.C18H17FIN3O2.C17H15FIN3O2/c1-25-17(9-13-6-7-14(22)10-16(13)21)18(15-3-2-8-23-19(15)25)20(26)24-27-11-12-4-5-12;1-24-16(7-11-4-5-12(21)8-15(11)20)17(14-3-2-6-22-18(14)24)19(27)23-28-10-13(26)9-25;1-23-15(9-11-4-5-12(20)10-14(11)19)16(18(25)22-26-8-7-24)13-3-2-6-21-17(13)23;1-3-25-22-18(24)16-13-5-4-8-21-17(13)23(2)15(16)9-11-6-7-12(20)10-14(11)19;1-22-14(8-10-5-6-11(19)9-13(10)18)15(17(23)21-24-2)12-4-3-7-20-16(12)22/h2-3,6-8,10,12H,4-5,9,11H2,1H3,(H,24,26);2-6,8,13,25-26H,7,9-10H2,1H3,(H,23,27);2-6,10,24H,7-9H2,1H3,(H,22,25);4-8,10H,3,9H2,1-2H3,(H,22,24);3-7,9H,8H2,1-2H3,(H,21,23)/t;13-;;;/m.1.../s1. The summed E-state index contributed by atoms with van der Waals surface area (Å²) < 4.78 is 84.8. The first-order valence-corrected chi connectivity index (χ1v) is 45.7. The van der Waals surface area contributed by atoms with Crippen molar-refractivity contribution in [3.05, 3.63) is 314 Å². The van der Waals surface area contributed by atoms with Gasteiger partial charge in [-0.3, -0.25) is 48.2 Å². The van der Waals surface area contributed by atoms with E-state index >= 15 is 0 Å². The van der Waals surface area contributed by atoms with Gasteiger partial charge in [0.2, 0.25) is 0 Å². The van der Waals surface area contributed by atoms with Crippen LogP contribution >= 0.6 is 113 Å². The number of pyridine rings is 5. The minimum absolute atomic E-state index is 0.0180. The van der Waals surface area contributed by atoms with E-state index in [0.717, 1.165) is 36.1 Å². The summed E-state index contributed by atoms with van der Waals surface area (Å²) in [5, 5.41) is 30.4. The number of amides is 5. The Morgan fingerprint density at radius 3 is 0.885 bits per heavy atom. The Balaban J connectivity index is 0.000000147. The van der Waals surface area contributed by atoms with Crippen LogP contribution in [0.5, 0.6) is 0 Å². The van der Waals surface area contributed by atoms with Crippen LogP contribution in [0.15, 0.2) is 183 Å². The summed E-state index contributed by atoms with van der Waals surface area (Å²) in [4.78, 5) is 110. The first-order valence-electron chi connectivity index (χ1n) is 40.3. The zero-order valence-electron chi connectivity index (χ0n) is 70.8. The number of aliphatic hydroxyl groups excluding tert-OH is 3. The molecule has 1 saturated carbocycles. The molecular weight excluding hydrogens is 2250 g/mol. The highest BCUT2D eigenvalue weighted by molar-refractivity contribution is 14.1. The number of hydroxylamine groups is 5. The molecule has 1 atom stereocenters. The van der Waals surface area contributed by atoms with Crippen molar-refractivity contribution in [1.29, 1.82) is 0 Å². The van der Waals surface area contributed by atoms with Gasteiger partial charge in [-0.2, -0.15) is 0 Å². The van der Waals surface area contributed by atoms with Crippen molar-refractivity contribution in [2.45, 2.75) is 58.0 Å². The quantitative estimate of drug-likeness (QED) is 0.00977. The van der Waals surface area contributed by atoms with E-state index in [1.165, 1.54) is 37.4 Å². The summed E-state index contributed by atoms with van der Waals surface area (Å²) in [5.74, 6) is -3.05. The van der Waals surface area contributed by atoms with Crippen LogP contribution in [-0.2, 0) is 91.5 Å². The first-order chi connectivity index (χ1) is 62.5. The monoisotopic (exact) mass is 2340 g/mol. The average Bonchev–Trinajstić information content (AvgIpc) is 1.64. The summed E-state index contributed by atoms with van der Waals surface area (Å²) in [6.45, 7) is 1.70. The number of halogens is 10.